The van der Waals surface area contributed by atoms with E-state index >= 15 is 0 Å². The first-order valence-corrected chi connectivity index (χ1v) is 6.33. The van der Waals surface area contributed by atoms with Gasteiger partial charge >= 0.3 is 5.69 Å². The highest BCUT2D eigenvalue weighted by atomic mass is 19.1. The maximum absolute atomic E-state index is 13.6. The average Bonchev–Trinajstić information content (AvgIpc) is 3.22. The van der Waals surface area contributed by atoms with E-state index in [0.29, 0.717) is 0 Å². The minimum absolute atomic E-state index is 0.0971. The maximum atomic E-state index is 13.6. The van der Waals surface area contributed by atoms with E-state index in [-0.39, 0.29) is 11.6 Å². The first-order chi connectivity index (χ1) is 9.58. The van der Waals surface area contributed by atoms with E-state index in [9.17, 15) is 18.4 Å². The summed E-state index contributed by atoms with van der Waals surface area (Å²) in [5.74, 6) is -1.53. The topological polar surface area (TPSA) is 44.0 Å². The number of aromatic nitrogens is 2. The van der Waals surface area contributed by atoms with Crippen molar-refractivity contribution < 1.29 is 8.78 Å². The standard InChI is InChI=1S/C14H12F2N2O2/c15-11-2-1-3-12(16)10(11)8-18-13(19)6-7-17(14(18)20)9-4-5-9/h1-3,6-7,9H,4-5,8H2. The molecule has 1 saturated carbocycles. The lowest BCUT2D eigenvalue weighted by Crippen LogP contribution is -2.39. The minimum Gasteiger partial charge on any atom is -0.297 e. The molecule has 0 N–H and O–H groups in total. The van der Waals surface area contributed by atoms with Gasteiger partial charge in [0.05, 0.1) is 6.54 Å². The fourth-order valence-corrected chi connectivity index (χ4v) is 2.15. The third kappa shape index (κ3) is 2.17. The first-order valence-electron chi connectivity index (χ1n) is 6.33. The molecule has 1 fully saturated rings. The Morgan fingerprint density at radius 2 is 1.75 bits per heavy atom. The van der Waals surface area contributed by atoms with Crippen molar-refractivity contribution in [2.75, 3.05) is 0 Å². The molecule has 4 nitrogen and oxygen atoms in total. The molecule has 104 valence electrons. The molecule has 0 spiro atoms. The lowest BCUT2D eigenvalue weighted by Gasteiger charge is -2.10. The van der Waals surface area contributed by atoms with E-state index in [1.54, 1.807) is 0 Å². The largest absolute Gasteiger partial charge is 0.331 e. The molecule has 3 rings (SSSR count). The number of halogens is 2. The predicted molar refractivity (Wildman–Crippen MR) is 68.7 cm³/mol. The highest BCUT2D eigenvalue weighted by molar-refractivity contribution is 5.20. The SMILES string of the molecule is O=c1ccn(C2CC2)c(=O)n1Cc1c(F)cccc1F. The Hall–Kier alpha value is -2.24. The maximum Gasteiger partial charge on any atom is 0.331 e. The van der Waals surface area contributed by atoms with Gasteiger partial charge in [0.25, 0.3) is 5.56 Å². The van der Waals surface area contributed by atoms with E-state index in [1.165, 1.54) is 22.9 Å². The molecule has 1 aliphatic carbocycles. The van der Waals surface area contributed by atoms with Crippen LogP contribution in [0.4, 0.5) is 8.78 Å². The van der Waals surface area contributed by atoms with Gasteiger partial charge in [-0.2, -0.15) is 0 Å². The van der Waals surface area contributed by atoms with Crippen LogP contribution in [-0.2, 0) is 6.54 Å². The molecule has 6 heteroatoms. The van der Waals surface area contributed by atoms with Crippen LogP contribution in [-0.4, -0.2) is 9.13 Å². The van der Waals surface area contributed by atoms with Gasteiger partial charge in [0.15, 0.2) is 0 Å². The van der Waals surface area contributed by atoms with Gasteiger partial charge in [-0.25, -0.2) is 13.6 Å². The van der Waals surface area contributed by atoms with E-state index in [4.69, 9.17) is 0 Å². The lowest BCUT2D eigenvalue weighted by atomic mass is 10.2. The zero-order valence-corrected chi connectivity index (χ0v) is 10.6. The highest BCUT2D eigenvalue weighted by Gasteiger charge is 2.25. The van der Waals surface area contributed by atoms with E-state index in [1.807, 2.05) is 0 Å². The van der Waals surface area contributed by atoms with Crippen LogP contribution >= 0.6 is 0 Å². The monoisotopic (exact) mass is 278 g/mol. The number of hydrogen-bond acceptors (Lipinski definition) is 2. The van der Waals surface area contributed by atoms with Crippen LogP contribution in [0.15, 0.2) is 40.1 Å². The van der Waals surface area contributed by atoms with Crippen LogP contribution in [0.1, 0.15) is 24.4 Å². The summed E-state index contributed by atoms with van der Waals surface area (Å²) in [4.78, 5) is 23.9. The second-order valence-electron chi connectivity index (χ2n) is 4.86. The van der Waals surface area contributed by atoms with Gasteiger partial charge < -0.3 is 0 Å². The third-order valence-electron chi connectivity index (χ3n) is 3.41. The zero-order valence-electron chi connectivity index (χ0n) is 10.6. The smallest absolute Gasteiger partial charge is 0.297 e. The molecule has 1 heterocycles. The summed E-state index contributed by atoms with van der Waals surface area (Å²) in [6, 6.07) is 4.79. The minimum atomic E-state index is -0.766. The van der Waals surface area contributed by atoms with Crippen molar-refractivity contribution in [3.05, 3.63) is 68.5 Å². The van der Waals surface area contributed by atoms with Crippen molar-refractivity contribution in [1.29, 1.82) is 0 Å². The van der Waals surface area contributed by atoms with Gasteiger partial charge in [-0.05, 0) is 25.0 Å². The molecule has 0 bridgehead atoms. The number of hydrogen-bond donors (Lipinski definition) is 0. The summed E-state index contributed by atoms with van der Waals surface area (Å²) >= 11 is 0. The van der Waals surface area contributed by atoms with Gasteiger partial charge in [-0.3, -0.25) is 13.9 Å². The van der Waals surface area contributed by atoms with Crippen LogP contribution in [0.25, 0.3) is 0 Å². The summed E-state index contributed by atoms with van der Waals surface area (Å²) in [7, 11) is 0. The Labute approximate surface area is 112 Å². The molecule has 0 unspecified atom stereocenters. The fraction of sp³-hybridized carbons (Fsp3) is 0.286. The fourth-order valence-electron chi connectivity index (χ4n) is 2.15. The van der Waals surface area contributed by atoms with E-state index in [0.717, 1.165) is 29.5 Å². The summed E-state index contributed by atoms with van der Waals surface area (Å²) in [6.07, 6.45) is 3.20. The zero-order chi connectivity index (χ0) is 14.3. The van der Waals surface area contributed by atoms with Gasteiger partial charge in [0.1, 0.15) is 11.6 Å². The Morgan fingerprint density at radius 3 is 2.35 bits per heavy atom. The van der Waals surface area contributed by atoms with Gasteiger partial charge in [0, 0.05) is 23.9 Å². The Balaban J connectivity index is 2.09. The second kappa shape index (κ2) is 4.70. The van der Waals surface area contributed by atoms with Crippen molar-refractivity contribution in [3.63, 3.8) is 0 Å². The molecular weight excluding hydrogens is 266 g/mol. The molecule has 20 heavy (non-hydrogen) atoms. The number of rotatable bonds is 3. The molecule has 0 radical (unpaired) electrons. The Bertz CT molecular complexity index is 755. The van der Waals surface area contributed by atoms with Crippen molar-refractivity contribution in [2.24, 2.45) is 0 Å². The molecule has 1 aliphatic rings. The molecule has 1 aromatic heterocycles. The summed E-state index contributed by atoms with van der Waals surface area (Å²) in [5.41, 5.74) is -1.36. The summed E-state index contributed by atoms with van der Waals surface area (Å²) in [5, 5.41) is 0. The molecule has 1 aromatic carbocycles. The van der Waals surface area contributed by atoms with Crippen molar-refractivity contribution >= 4 is 0 Å². The molecular formula is C14H12F2N2O2. The molecule has 0 atom stereocenters. The average molecular weight is 278 g/mol. The molecule has 2 aromatic rings. The van der Waals surface area contributed by atoms with Crippen LogP contribution in [0.2, 0.25) is 0 Å². The normalized spacial score (nSPS) is 14.5. The number of benzene rings is 1. The Kier molecular flexibility index (Phi) is 3.00. The van der Waals surface area contributed by atoms with Crippen molar-refractivity contribution in [2.45, 2.75) is 25.4 Å². The van der Waals surface area contributed by atoms with Crippen LogP contribution in [0, 0.1) is 11.6 Å². The lowest BCUT2D eigenvalue weighted by molar-refractivity contribution is 0.523. The first kappa shape index (κ1) is 12.8. The van der Waals surface area contributed by atoms with Crippen LogP contribution in [0.5, 0.6) is 0 Å². The van der Waals surface area contributed by atoms with Gasteiger partial charge in [-0.15, -0.1) is 0 Å². The van der Waals surface area contributed by atoms with E-state index < -0.39 is 29.4 Å². The second-order valence-corrected chi connectivity index (χ2v) is 4.86. The van der Waals surface area contributed by atoms with Crippen LogP contribution < -0.4 is 11.2 Å². The Morgan fingerprint density at radius 1 is 1.10 bits per heavy atom. The molecule has 0 saturated heterocycles. The van der Waals surface area contributed by atoms with Crippen molar-refractivity contribution in [1.82, 2.24) is 9.13 Å². The summed E-state index contributed by atoms with van der Waals surface area (Å²) < 4.78 is 29.5. The number of nitrogens with zero attached hydrogens (tertiary/aromatic N) is 2. The highest BCUT2D eigenvalue weighted by Crippen LogP contribution is 2.32. The van der Waals surface area contributed by atoms with Gasteiger partial charge in [-0.1, -0.05) is 6.07 Å². The van der Waals surface area contributed by atoms with Crippen molar-refractivity contribution in [3.8, 4) is 0 Å². The van der Waals surface area contributed by atoms with Gasteiger partial charge in [0.2, 0.25) is 0 Å². The molecule has 0 aliphatic heterocycles. The predicted octanol–water partition coefficient (Wildman–Crippen LogP) is 1.67. The quantitative estimate of drug-likeness (QED) is 0.857. The third-order valence-corrected chi connectivity index (χ3v) is 3.41. The van der Waals surface area contributed by atoms with Crippen LogP contribution in [0.3, 0.4) is 0 Å². The molecule has 0 amide bonds. The summed E-state index contributed by atoms with van der Waals surface area (Å²) in [6.45, 7) is -0.399. The van der Waals surface area contributed by atoms with E-state index in [2.05, 4.69) is 0 Å².